The number of likely N-dealkylation sites (N-methyl/N-ethyl adjacent to an activating group) is 1. The zero-order chi connectivity index (χ0) is 14.7. The van der Waals surface area contributed by atoms with E-state index >= 15 is 0 Å². The van der Waals surface area contributed by atoms with E-state index in [1.807, 2.05) is 12.1 Å². The van der Waals surface area contributed by atoms with Crippen LogP contribution in [0.25, 0.3) is 5.57 Å². The Hall–Kier alpha value is -1.20. The van der Waals surface area contributed by atoms with Crippen molar-refractivity contribution in [1.82, 2.24) is 4.90 Å². The van der Waals surface area contributed by atoms with Gasteiger partial charge in [-0.15, -0.1) is 0 Å². The first-order chi connectivity index (χ1) is 9.60. The lowest BCUT2D eigenvalue weighted by molar-refractivity contribution is 0.366. The van der Waals surface area contributed by atoms with Gasteiger partial charge < -0.3 is 19.1 Å². The number of alkyl halides is 1. The summed E-state index contributed by atoms with van der Waals surface area (Å²) in [4.78, 5) is 2.50. The van der Waals surface area contributed by atoms with E-state index in [0.29, 0.717) is 0 Å². The molecule has 0 fully saturated rings. The highest BCUT2D eigenvalue weighted by Crippen LogP contribution is 2.42. The lowest BCUT2D eigenvalue weighted by Crippen LogP contribution is -2.31. The molecule has 0 saturated heterocycles. The lowest BCUT2D eigenvalue weighted by atomic mass is 9.97. The van der Waals surface area contributed by atoms with Gasteiger partial charge in [-0.2, -0.15) is 0 Å². The normalized spacial score (nSPS) is 19.4. The molecule has 0 spiro atoms. The summed E-state index contributed by atoms with van der Waals surface area (Å²) in [5.41, 5.74) is 2.19. The van der Waals surface area contributed by atoms with Crippen LogP contribution in [-0.2, 0) is 0 Å². The molecule has 1 heterocycles. The molecular weight excluding hydrogens is 322 g/mol. The largest absolute Gasteiger partial charge is 0.496 e. The number of nitrogens with zero attached hydrogens (tertiary/aromatic N) is 1. The molecule has 1 aliphatic heterocycles. The summed E-state index contributed by atoms with van der Waals surface area (Å²) in [7, 11) is 7.06. The van der Waals surface area contributed by atoms with E-state index in [9.17, 15) is 0 Å². The Labute approximate surface area is 128 Å². The molecule has 0 aliphatic carbocycles. The van der Waals surface area contributed by atoms with Crippen LogP contribution in [0.15, 0.2) is 18.2 Å². The molecule has 2 rings (SSSR count). The van der Waals surface area contributed by atoms with E-state index in [0.717, 1.165) is 35.9 Å². The predicted molar refractivity (Wildman–Crippen MR) is 84.3 cm³/mol. The molecule has 20 heavy (non-hydrogen) atoms. The SMILES string of the molecule is COc1cc(OC)c(C2=CCN(C)CC2Br)c(OC)c1. The van der Waals surface area contributed by atoms with Gasteiger partial charge in [0.1, 0.15) is 17.2 Å². The Morgan fingerprint density at radius 1 is 1.10 bits per heavy atom. The third-order valence-electron chi connectivity index (χ3n) is 3.44. The minimum atomic E-state index is 0.248. The summed E-state index contributed by atoms with van der Waals surface area (Å²) in [6.07, 6.45) is 2.20. The Kier molecular flexibility index (Phi) is 4.94. The van der Waals surface area contributed by atoms with Crippen molar-refractivity contribution in [1.29, 1.82) is 0 Å². The number of ether oxygens (including phenoxy) is 3. The van der Waals surface area contributed by atoms with Gasteiger partial charge in [-0.25, -0.2) is 0 Å². The van der Waals surface area contributed by atoms with Crippen molar-refractivity contribution in [3.05, 3.63) is 23.8 Å². The molecule has 5 heteroatoms. The van der Waals surface area contributed by atoms with Crippen LogP contribution in [0, 0.1) is 0 Å². The second kappa shape index (κ2) is 6.50. The minimum Gasteiger partial charge on any atom is -0.496 e. The van der Waals surface area contributed by atoms with Gasteiger partial charge in [0.25, 0.3) is 0 Å². The molecule has 1 aromatic rings. The summed E-state index contributed by atoms with van der Waals surface area (Å²) < 4.78 is 16.3. The van der Waals surface area contributed by atoms with Crippen molar-refractivity contribution in [2.45, 2.75) is 4.83 Å². The number of halogens is 1. The molecular formula is C15H20BrNO3. The molecule has 0 N–H and O–H groups in total. The molecule has 1 aromatic carbocycles. The highest BCUT2D eigenvalue weighted by molar-refractivity contribution is 9.09. The van der Waals surface area contributed by atoms with Crippen molar-refractivity contribution in [2.75, 3.05) is 41.5 Å². The molecule has 0 aromatic heterocycles. The number of benzene rings is 1. The van der Waals surface area contributed by atoms with Crippen molar-refractivity contribution >= 4 is 21.5 Å². The van der Waals surface area contributed by atoms with Crippen LogP contribution in [0.3, 0.4) is 0 Å². The van der Waals surface area contributed by atoms with E-state index in [1.54, 1.807) is 21.3 Å². The average molecular weight is 342 g/mol. The Morgan fingerprint density at radius 3 is 2.15 bits per heavy atom. The monoisotopic (exact) mass is 341 g/mol. The van der Waals surface area contributed by atoms with Gasteiger partial charge in [0.05, 0.1) is 31.7 Å². The van der Waals surface area contributed by atoms with E-state index in [-0.39, 0.29) is 4.83 Å². The second-order valence-corrected chi connectivity index (χ2v) is 5.86. The standard InChI is InChI=1S/C15H20BrNO3/c1-17-6-5-11(12(16)9-17)15-13(19-3)7-10(18-2)8-14(15)20-4/h5,7-8,12H,6,9H2,1-4H3. The fourth-order valence-corrected chi connectivity index (χ4v) is 3.29. The van der Waals surface area contributed by atoms with Crippen LogP contribution in [0.4, 0.5) is 0 Å². The van der Waals surface area contributed by atoms with Crippen LogP contribution in [0.1, 0.15) is 5.56 Å². The Bertz CT molecular complexity index is 491. The number of methoxy groups -OCH3 is 3. The molecule has 4 nitrogen and oxygen atoms in total. The van der Waals surface area contributed by atoms with E-state index in [1.165, 1.54) is 5.57 Å². The van der Waals surface area contributed by atoms with Crippen LogP contribution >= 0.6 is 15.9 Å². The molecule has 1 unspecified atom stereocenters. The van der Waals surface area contributed by atoms with E-state index in [4.69, 9.17) is 14.2 Å². The summed E-state index contributed by atoms with van der Waals surface area (Å²) in [6.45, 7) is 1.86. The predicted octanol–water partition coefficient (Wildman–Crippen LogP) is 2.80. The maximum Gasteiger partial charge on any atom is 0.133 e. The molecule has 1 aliphatic rings. The lowest BCUT2D eigenvalue weighted by Gasteiger charge is -2.28. The van der Waals surface area contributed by atoms with Gasteiger partial charge in [-0.3, -0.25) is 0 Å². The summed E-state index contributed by atoms with van der Waals surface area (Å²) in [5.74, 6) is 2.25. The fraction of sp³-hybridized carbons (Fsp3) is 0.467. The van der Waals surface area contributed by atoms with E-state index < -0.39 is 0 Å². The maximum absolute atomic E-state index is 5.52. The van der Waals surface area contributed by atoms with Crippen LogP contribution in [0.5, 0.6) is 17.2 Å². The first-order valence-electron chi connectivity index (χ1n) is 6.43. The third kappa shape index (κ3) is 2.94. The molecule has 110 valence electrons. The quantitative estimate of drug-likeness (QED) is 0.788. The van der Waals surface area contributed by atoms with Gasteiger partial charge in [-0.05, 0) is 12.6 Å². The molecule has 0 bridgehead atoms. The van der Waals surface area contributed by atoms with Crippen LogP contribution in [0.2, 0.25) is 0 Å². The highest BCUT2D eigenvalue weighted by Gasteiger charge is 2.25. The van der Waals surface area contributed by atoms with Gasteiger partial charge in [0.2, 0.25) is 0 Å². The van der Waals surface area contributed by atoms with Crippen molar-refractivity contribution in [3.63, 3.8) is 0 Å². The molecule has 1 atom stereocenters. The first kappa shape index (κ1) is 15.2. The van der Waals surface area contributed by atoms with Gasteiger partial charge in [0.15, 0.2) is 0 Å². The Balaban J connectivity index is 2.54. The zero-order valence-corrected chi connectivity index (χ0v) is 13.9. The first-order valence-corrected chi connectivity index (χ1v) is 7.35. The number of hydrogen-bond acceptors (Lipinski definition) is 4. The molecule has 0 saturated carbocycles. The molecule has 0 amide bonds. The summed E-state index contributed by atoms with van der Waals surface area (Å²) in [5, 5.41) is 0. The molecule has 0 radical (unpaired) electrons. The van der Waals surface area contributed by atoms with Crippen molar-refractivity contribution < 1.29 is 14.2 Å². The average Bonchev–Trinajstić information content (AvgIpc) is 2.46. The summed E-state index contributed by atoms with van der Waals surface area (Å²) in [6, 6.07) is 3.77. The van der Waals surface area contributed by atoms with Gasteiger partial charge in [-0.1, -0.05) is 22.0 Å². The number of hydrogen-bond donors (Lipinski definition) is 0. The third-order valence-corrected chi connectivity index (χ3v) is 4.22. The fourth-order valence-electron chi connectivity index (χ4n) is 2.38. The Morgan fingerprint density at radius 2 is 1.70 bits per heavy atom. The minimum absolute atomic E-state index is 0.248. The topological polar surface area (TPSA) is 30.9 Å². The van der Waals surface area contributed by atoms with E-state index in [2.05, 4.69) is 34.0 Å². The van der Waals surface area contributed by atoms with Crippen LogP contribution in [-0.4, -0.2) is 51.2 Å². The zero-order valence-electron chi connectivity index (χ0n) is 12.3. The second-order valence-electron chi connectivity index (χ2n) is 4.76. The van der Waals surface area contributed by atoms with Crippen molar-refractivity contribution in [2.24, 2.45) is 0 Å². The van der Waals surface area contributed by atoms with Crippen molar-refractivity contribution in [3.8, 4) is 17.2 Å². The summed E-state index contributed by atoms with van der Waals surface area (Å²) >= 11 is 3.74. The maximum atomic E-state index is 5.52. The number of rotatable bonds is 4. The van der Waals surface area contributed by atoms with Crippen LogP contribution < -0.4 is 14.2 Å². The highest BCUT2D eigenvalue weighted by atomic mass is 79.9. The smallest absolute Gasteiger partial charge is 0.133 e. The van der Waals surface area contributed by atoms with Gasteiger partial charge >= 0.3 is 0 Å². The van der Waals surface area contributed by atoms with Gasteiger partial charge in [0, 0.05) is 25.2 Å².